The number of ether oxygens (including phenoxy) is 1. The van der Waals surface area contributed by atoms with E-state index in [4.69, 9.17) is 10.5 Å². The highest BCUT2D eigenvalue weighted by Crippen LogP contribution is 2.36. The van der Waals surface area contributed by atoms with Crippen LogP contribution in [0.5, 0.6) is 5.75 Å². The van der Waals surface area contributed by atoms with Gasteiger partial charge < -0.3 is 10.5 Å². The van der Waals surface area contributed by atoms with Gasteiger partial charge in [0.25, 0.3) is 0 Å². The first-order valence-corrected chi connectivity index (χ1v) is 6.10. The lowest BCUT2D eigenvalue weighted by molar-refractivity contribution is -0.137. The van der Waals surface area contributed by atoms with Crippen LogP contribution in [-0.4, -0.2) is 6.10 Å². The molecule has 0 radical (unpaired) electrons. The van der Waals surface area contributed by atoms with Gasteiger partial charge in [0, 0.05) is 5.69 Å². The predicted octanol–water partition coefficient (Wildman–Crippen LogP) is 4.00. The van der Waals surface area contributed by atoms with Crippen LogP contribution >= 0.6 is 0 Å². The number of hydrogen-bond donors (Lipinski definition) is 1. The minimum absolute atomic E-state index is 0.0310. The Morgan fingerprint density at radius 3 is 2.39 bits per heavy atom. The molecule has 1 fully saturated rings. The van der Waals surface area contributed by atoms with Crippen molar-refractivity contribution in [2.24, 2.45) is 0 Å². The van der Waals surface area contributed by atoms with E-state index in [2.05, 4.69) is 0 Å². The summed E-state index contributed by atoms with van der Waals surface area (Å²) in [6, 6.07) is 3.74. The molecule has 0 bridgehead atoms. The van der Waals surface area contributed by atoms with E-state index >= 15 is 0 Å². The Labute approximate surface area is 104 Å². The molecule has 100 valence electrons. The van der Waals surface area contributed by atoms with Gasteiger partial charge in [-0.05, 0) is 43.9 Å². The van der Waals surface area contributed by atoms with Gasteiger partial charge in [-0.2, -0.15) is 13.2 Å². The fourth-order valence-corrected chi connectivity index (χ4v) is 2.23. The number of rotatable bonds is 2. The van der Waals surface area contributed by atoms with Crippen molar-refractivity contribution in [3.8, 4) is 5.75 Å². The first kappa shape index (κ1) is 13.1. The molecular weight excluding hydrogens is 243 g/mol. The normalized spacial score (nSPS) is 17.7. The Morgan fingerprint density at radius 2 is 1.78 bits per heavy atom. The number of anilines is 1. The maximum absolute atomic E-state index is 12.7. The highest BCUT2D eigenvalue weighted by Gasteiger charge is 2.33. The highest BCUT2D eigenvalue weighted by molar-refractivity contribution is 5.52. The third-order valence-electron chi connectivity index (χ3n) is 3.19. The lowest BCUT2D eigenvalue weighted by atomic mass is 9.98. The molecule has 0 amide bonds. The van der Waals surface area contributed by atoms with Crippen LogP contribution in [0.3, 0.4) is 0 Å². The van der Waals surface area contributed by atoms with E-state index in [1.807, 2.05) is 0 Å². The van der Waals surface area contributed by atoms with E-state index in [1.54, 1.807) is 0 Å². The van der Waals surface area contributed by atoms with Gasteiger partial charge in [-0.25, -0.2) is 0 Å². The summed E-state index contributed by atoms with van der Waals surface area (Å²) in [5.74, 6) is 0.253. The fourth-order valence-electron chi connectivity index (χ4n) is 2.23. The molecule has 0 aromatic heterocycles. The average Bonchev–Trinajstić information content (AvgIpc) is 2.31. The summed E-state index contributed by atoms with van der Waals surface area (Å²) >= 11 is 0. The lowest BCUT2D eigenvalue weighted by Crippen LogP contribution is -2.20. The van der Waals surface area contributed by atoms with Crippen molar-refractivity contribution in [3.05, 3.63) is 23.8 Å². The van der Waals surface area contributed by atoms with Crippen LogP contribution in [0.15, 0.2) is 18.2 Å². The second kappa shape index (κ2) is 5.08. The largest absolute Gasteiger partial charge is 0.490 e. The number of halogens is 3. The molecule has 0 aliphatic heterocycles. The van der Waals surface area contributed by atoms with Crippen LogP contribution in [0.4, 0.5) is 18.9 Å². The highest BCUT2D eigenvalue weighted by atomic mass is 19.4. The minimum Gasteiger partial charge on any atom is -0.490 e. The monoisotopic (exact) mass is 259 g/mol. The van der Waals surface area contributed by atoms with Crippen molar-refractivity contribution >= 4 is 5.69 Å². The molecule has 1 aromatic carbocycles. The van der Waals surface area contributed by atoms with E-state index in [0.29, 0.717) is 0 Å². The standard InChI is InChI=1S/C13H16F3NO/c14-13(15,16)11-8-10(6-7-12(11)17)18-9-4-2-1-3-5-9/h6-9H,1-5,17H2. The zero-order chi connectivity index (χ0) is 13.2. The van der Waals surface area contributed by atoms with Gasteiger partial charge in [-0.3, -0.25) is 0 Å². The van der Waals surface area contributed by atoms with Gasteiger partial charge >= 0.3 is 6.18 Å². The zero-order valence-electron chi connectivity index (χ0n) is 9.96. The molecule has 5 heteroatoms. The van der Waals surface area contributed by atoms with Crippen LogP contribution in [0.25, 0.3) is 0 Å². The van der Waals surface area contributed by atoms with Crippen molar-refractivity contribution < 1.29 is 17.9 Å². The molecule has 2 nitrogen and oxygen atoms in total. The summed E-state index contributed by atoms with van der Waals surface area (Å²) < 4.78 is 43.6. The Hall–Kier alpha value is -1.39. The fraction of sp³-hybridized carbons (Fsp3) is 0.538. The minimum atomic E-state index is -4.43. The van der Waals surface area contributed by atoms with Crippen LogP contribution in [0, 0.1) is 0 Å². The van der Waals surface area contributed by atoms with Crippen molar-refractivity contribution in [3.63, 3.8) is 0 Å². The molecule has 18 heavy (non-hydrogen) atoms. The van der Waals surface area contributed by atoms with E-state index in [0.717, 1.165) is 31.7 Å². The quantitative estimate of drug-likeness (QED) is 0.815. The summed E-state index contributed by atoms with van der Waals surface area (Å²) in [7, 11) is 0. The summed E-state index contributed by atoms with van der Waals surface area (Å²) in [6.07, 6.45) is 0.740. The molecule has 0 unspecified atom stereocenters. The summed E-state index contributed by atoms with van der Waals surface area (Å²) in [4.78, 5) is 0. The third-order valence-corrected chi connectivity index (χ3v) is 3.19. The molecular formula is C13H16F3NO. The van der Waals surface area contributed by atoms with Crippen molar-refractivity contribution in [1.82, 2.24) is 0 Å². The first-order valence-electron chi connectivity index (χ1n) is 6.10. The summed E-state index contributed by atoms with van der Waals surface area (Å²) in [5.41, 5.74) is 4.24. The number of benzene rings is 1. The third kappa shape index (κ3) is 3.09. The molecule has 2 N–H and O–H groups in total. The van der Waals surface area contributed by atoms with Crippen LogP contribution in [0.2, 0.25) is 0 Å². The average molecular weight is 259 g/mol. The van der Waals surface area contributed by atoms with Gasteiger partial charge in [0.2, 0.25) is 0 Å². The zero-order valence-corrected chi connectivity index (χ0v) is 9.96. The summed E-state index contributed by atoms with van der Waals surface area (Å²) in [5, 5.41) is 0. The Morgan fingerprint density at radius 1 is 1.11 bits per heavy atom. The van der Waals surface area contributed by atoms with E-state index in [9.17, 15) is 13.2 Å². The molecule has 2 rings (SSSR count). The molecule has 0 atom stereocenters. The lowest BCUT2D eigenvalue weighted by Gasteiger charge is -2.23. The molecule has 1 aliphatic carbocycles. The number of alkyl halides is 3. The van der Waals surface area contributed by atoms with Crippen LogP contribution in [-0.2, 0) is 6.18 Å². The van der Waals surface area contributed by atoms with Gasteiger partial charge in [0.1, 0.15) is 5.75 Å². The molecule has 0 saturated heterocycles. The topological polar surface area (TPSA) is 35.2 Å². The maximum Gasteiger partial charge on any atom is 0.418 e. The van der Waals surface area contributed by atoms with Crippen LogP contribution in [0.1, 0.15) is 37.7 Å². The van der Waals surface area contributed by atoms with Gasteiger partial charge in [-0.15, -0.1) is 0 Å². The molecule has 1 aliphatic rings. The smallest absolute Gasteiger partial charge is 0.418 e. The van der Waals surface area contributed by atoms with E-state index < -0.39 is 11.7 Å². The maximum atomic E-state index is 12.7. The first-order chi connectivity index (χ1) is 8.47. The predicted molar refractivity (Wildman–Crippen MR) is 63.4 cm³/mol. The van der Waals surface area contributed by atoms with Gasteiger partial charge in [-0.1, -0.05) is 6.42 Å². The Kier molecular flexibility index (Phi) is 3.68. The van der Waals surface area contributed by atoms with Crippen LogP contribution < -0.4 is 10.5 Å². The van der Waals surface area contributed by atoms with Crippen molar-refractivity contribution in [2.45, 2.75) is 44.4 Å². The Balaban J connectivity index is 2.14. The van der Waals surface area contributed by atoms with E-state index in [-0.39, 0.29) is 17.5 Å². The second-order valence-electron chi connectivity index (χ2n) is 4.62. The molecule has 0 spiro atoms. The SMILES string of the molecule is Nc1ccc(OC2CCCCC2)cc1C(F)(F)F. The number of hydrogen-bond acceptors (Lipinski definition) is 2. The second-order valence-corrected chi connectivity index (χ2v) is 4.62. The summed E-state index contributed by atoms with van der Waals surface area (Å²) in [6.45, 7) is 0. The van der Waals surface area contributed by atoms with Crippen molar-refractivity contribution in [1.29, 1.82) is 0 Å². The molecule has 0 heterocycles. The Bertz CT molecular complexity index is 411. The number of nitrogen functional groups attached to an aromatic ring is 1. The van der Waals surface area contributed by atoms with Gasteiger partial charge in [0.05, 0.1) is 11.7 Å². The van der Waals surface area contributed by atoms with E-state index in [1.165, 1.54) is 18.6 Å². The van der Waals surface area contributed by atoms with Gasteiger partial charge in [0.15, 0.2) is 0 Å². The van der Waals surface area contributed by atoms with Crippen molar-refractivity contribution in [2.75, 3.05) is 5.73 Å². The molecule has 1 saturated carbocycles. The number of nitrogens with two attached hydrogens (primary N) is 1. The molecule has 1 aromatic rings.